The Bertz CT molecular complexity index is 614. The predicted molar refractivity (Wildman–Crippen MR) is 61.7 cm³/mol. The number of hydrogen-bond donors (Lipinski definition) is 4. The van der Waals surface area contributed by atoms with Gasteiger partial charge in [0.1, 0.15) is 12.3 Å². The van der Waals surface area contributed by atoms with E-state index in [4.69, 9.17) is 5.11 Å². The molecule has 0 aliphatic carbocycles. The molecule has 4 N–H and O–H groups in total. The number of carbonyl (C=O) groups is 1. The minimum atomic E-state index is -4.75. The molecule has 0 aromatic heterocycles. The van der Waals surface area contributed by atoms with Gasteiger partial charge in [-0.05, 0) is 18.2 Å². The van der Waals surface area contributed by atoms with E-state index in [-0.39, 0.29) is 5.56 Å². The second-order valence-electron chi connectivity index (χ2n) is 3.58. The molecule has 0 fully saturated rings. The number of anilines is 1. The predicted octanol–water partition coefficient (Wildman–Crippen LogP) is 0.899. The van der Waals surface area contributed by atoms with Gasteiger partial charge in [-0.2, -0.15) is 26.3 Å². The zero-order chi connectivity index (χ0) is 15.6. The van der Waals surface area contributed by atoms with Crippen LogP contribution in [0.4, 0.5) is 18.9 Å². The van der Waals surface area contributed by atoms with E-state index in [1.165, 1.54) is 4.72 Å². The number of aromatic carboxylic acids is 1. The number of alkyl halides is 3. The summed E-state index contributed by atoms with van der Waals surface area (Å²) in [6.07, 6.45) is -4.75. The molecule has 0 saturated carbocycles. The Morgan fingerprint density at radius 1 is 1.30 bits per heavy atom. The average Bonchev–Trinajstić information content (AvgIpc) is 2.28. The first-order valence-corrected chi connectivity index (χ1v) is 6.39. The first kappa shape index (κ1) is 16.0. The van der Waals surface area contributed by atoms with Crippen LogP contribution in [0.2, 0.25) is 0 Å². The van der Waals surface area contributed by atoms with Crippen LogP contribution in [0.5, 0.6) is 5.75 Å². The number of hydrogen-bond acceptors (Lipinski definition) is 4. The zero-order valence-electron chi connectivity index (χ0n) is 9.60. The van der Waals surface area contributed by atoms with Crippen LogP contribution in [0.15, 0.2) is 18.2 Å². The highest BCUT2D eigenvalue weighted by Gasteiger charge is 2.29. The van der Waals surface area contributed by atoms with Crippen molar-refractivity contribution in [3.05, 3.63) is 23.8 Å². The molecule has 7 nitrogen and oxygen atoms in total. The Kier molecular flexibility index (Phi) is 4.45. The van der Waals surface area contributed by atoms with Gasteiger partial charge >= 0.3 is 12.1 Å². The Labute approximate surface area is 111 Å². The quantitative estimate of drug-likeness (QED) is 0.603. The Morgan fingerprint density at radius 2 is 1.90 bits per heavy atom. The van der Waals surface area contributed by atoms with Crippen molar-refractivity contribution in [3.63, 3.8) is 0 Å². The molecule has 11 heteroatoms. The van der Waals surface area contributed by atoms with Crippen molar-refractivity contribution >= 4 is 21.9 Å². The van der Waals surface area contributed by atoms with Gasteiger partial charge < -0.3 is 10.2 Å². The Hall–Kier alpha value is -2.01. The summed E-state index contributed by atoms with van der Waals surface area (Å²) in [6.45, 7) is -1.80. The summed E-state index contributed by atoms with van der Waals surface area (Å²) in [5, 5.41) is 18.0. The summed E-state index contributed by atoms with van der Waals surface area (Å²) in [6, 6.07) is 2.66. The molecule has 0 unspecified atom stereocenters. The van der Waals surface area contributed by atoms with Crippen LogP contribution in [-0.4, -0.2) is 37.3 Å². The number of benzene rings is 1. The van der Waals surface area contributed by atoms with Crippen molar-refractivity contribution in [2.24, 2.45) is 0 Å². The molecular weight excluding hydrogens is 305 g/mol. The zero-order valence-corrected chi connectivity index (χ0v) is 10.4. The molecule has 20 heavy (non-hydrogen) atoms. The van der Waals surface area contributed by atoms with E-state index in [1.807, 2.05) is 0 Å². The van der Waals surface area contributed by atoms with Crippen LogP contribution < -0.4 is 9.44 Å². The fourth-order valence-corrected chi connectivity index (χ4v) is 1.99. The fourth-order valence-electron chi connectivity index (χ4n) is 1.11. The summed E-state index contributed by atoms with van der Waals surface area (Å²) < 4.78 is 61.1. The molecular formula is C9H9F3N2O5S. The largest absolute Gasteiger partial charge is 0.506 e. The van der Waals surface area contributed by atoms with Crippen molar-refractivity contribution < 1.29 is 36.6 Å². The molecule has 0 bridgehead atoms. The number of nitrogens with one attached hydrogen (secondary N) is 2. The van der Waals surface area contributed by atoms with Crippen molar-refractivity contribution in [2.75, 3.05) is 11.3 Å². The number of phenols is 1. The smallest absolute Gasteiger partial charge is 0.402 e. The monoisotopic (exact) mass is 314 g/mol. The maximum atomic E-state index is 11.9. The van der Waals surface area contributed by atoms with Gasteiger partial charge in [0.25, 0.3) is 10.2 Å². The van der Waals surface area contributed by atoms with Gasteiger partial charge in [-0.3, -0.25) is 4.72 Å². The summed E-state index contributed by atoms with van der Waals surface area (Å²) >= 11 is 0. The van der Waals surface area contributed by atoms with Gasteiger partial charge in [-0.15, -0.1) is 0 Å². The number of phenolic OH excluding ortho intramolecular Hbond substituents is 1. The van der Waals surface area contributed by atoms with Gasteiger partial charge in [0.2, 0.25) is 0 Å². The lowest BCUT2D eigenvalue weighted by atomic mass is 10.2. The molecule has 0 aliphatic heterocycles. The first-order valence-electron chi connectivity index (χ1n) is 4.91. The van der Waals surface area contributed by atoms with E-state index in [0.29, 0.717) is 0 Å². The van der Waals surface area contributed by atoms with E-state index in [0.717, 1.165) is 18.2 Å². The summed E-state index contributed by atoms with van der Waals surface area (Å²) in [7, 11) is -4.61. The second-order valence-corrected chi connectivity index (χ2v) is 5.08. The number of rotatable bonds is 5. The number of carboxylic acids is 1. The second kappa shape index (κ2) is 5.54. The van der Waals surface area contributed by atoms with Crippen LogP contribution in [-0.2, 0) is 10.2 Å². The third kappa shape index (κ3) is 4.93. The van der Waals surface area contributed by atoms with Gasteiger partial charge in [-0.1, -0.05) is 0 Å². The molecule has 0 saturated heterocycles. The van der Waals surface area contributed by atoms with E-state index in [1.54, 1.807) is 4.72 Å². The van der Waals surface area contributed by atoms with Crippen molar-refractivity contribution in [2.45, 2.75) is 6.18 Å². The highest BCUT2D eigenvalue weighted by molar-refractivity contribution is 7.90. The number of carboxylic acid groups (broad SMARTS) is 1. The van der Waals surface area contributed by atoms with E-state index in [2.05, 4.69) is 0 Å². The number of aromatic hydroxyl groups is 1. The highest BCUT2D eigenvalue weighted by atomic mass is 32.2. The maximum absolute atomic E-state index is 11.9. The lowest BCUT2D eigenvalue weighted by Crippen LogP contribution is -2.37. The minimum Gasteiger partial charge on any atom is -0.506 e. The normalized spacial score (nSPS) is 12.2. The van der Waals surface area contributed by atoms with Crippen LogP contribution in [0.1, 0.15) is 10.4 Å². The summed E-state index contributed by atoms with van der Waals surface area (Å²) in [5.41, 5.74) is -0.907. The van der Waals surface area contributed by atoms with Crippen molar-refractivity contribution in [1.29, 1.82) is 0 Å². The molecule has 1 aromatic carbocycles. The molecule has 1 aromatic rings. The molecule has 1 rings (SSSR count). The van der Waals surface area contributed by atoms with E-state index < -0.39 is 40.3 Å². The fraction of sp³-hybridized carbons (Fsp3) is 0.222. The van der Waals surface area contributed by atoms with E-state index >= 15 is 0 Å². The Morgan fingerprint density at radius 3 is 2.40 bits per heavy atom. The van der Waals surface area contributed by atoms with Crippen molar-refractivity contribution in [3.8, 4) is 5.75 Å². The standard InChI is InChI=1S/C9H9F3N2O5S/c10-9(11,12)4-13-20(18,19)14-6-3-5(8(16)17)1-2-7(6)15/h1-3,13-15H,4H2,(H,16,17). The summed E-state index contributed by atoms with van der Waals surface area (Å²) in [5.74, 6) is -2.03. The SMILES string of the molecule is O=C(O)c1ccc(O)c(NS(=O)(=O)NCC(F)(F)F)c1. The lowest BCUT2D eigenvalue weighted by Gasteiger charge is -2.12. The van der Waals surface area contributed by atoms with Crippen LogP contribution in [0.25, 0.3) is 0 Å². The molecule has 0 radical (unpaired) electrons. The third-order valence-corrected chi connectivity index (χ3v) is 2.96. The molecule has 0 atom stereocenters. The topological polar surface area (TPSA) is 116 Å². The van der Waals surface area contributed by atoms with Crippen molar-refractivity contribution in [1.82, 2.24) is 4.72 Å². The summed E-state index contributed by atoms with van der Waals surface area (Å²) in [4.78, 5) is 10.7. The van der Waals surface area contributed by atoms with Gasteiger partial charge in [0, 0.05) is 0 Å². The van der Waals surface area contributed by atoms with Crippen LogP contribution in [0.3, 0.4) is 0 Å². The molecule has 0 aliphatic rings. The molecule has 0 amide bonds. The van der Waals surface area contributed by atoms with Gasteiger partial charge in [0.15, 0.2) is 0 Å². The van der Waals surface area contributed by atoms with Crippen LogP contribution >= 0.6 is 0 Å². The van der Waals surface area contributed by atoms with E-state index in [9.17, 15) is 31.5 Å². The third-order valence-electron chi connectivity index (χ3n) is 1.95. The van der Waals surface area contributed by atoms with Crippen LogP contribution in [0, 0.1) is 0 Å². The highest BCUT2D eigenvalue weighted by Crippen LogP contribution is 2.25. The number of halogens is 3. The first-order chi connectivity index (χ1) is 9.00. The minimum absolute atomic E-state index is 0.351. The Balaban J connectivity index is 2.92. The van der Waals surface area contributed by atoms with Gasteiger partial charge in [-0.25, -0.2) is 4.79 Å². The molecule has 0 spiro atoms. The lowest BCUT2D eigenvalue weighted by molar-refractivity contribution is -0.121. The van der Waals surface area contributed by atoms with Gasteiger partial charge in [0.05, 0.1) is 11.3 Å². The molecule has 112 valence electrons. The average molecular weight is 314 g/mol. The maximum Gasteiger partial charge on any atom is 0.402 e. The molecule has 0 heterocycles.